The highest BCUT2D eigenvalue weighted by Gasteiger charge is 1.96. The Morgan fingerprint density at radius 2 is 1.91 bits per heavy atom. The molecule has 60 valence electrons. The van der Waals surface area contributed by atoms with Gasteiger partial charge in [0.15, 0.2) is 0 Å². The van der Waals surface area contributed by atoms with Gasteiger partial charge in [-0.3, -0.25) is 0 Å². The highest BCUT2D eigenvalue weighted by molar-refractivity contribution is 7.80. The van der Waals surface area contributed by atoms with Crippen molar-refractivity contribution >= 4 is 18.3 Å². The van der Waals surface area contributed by atoms with E-state index in [2.05, 4.69) is 12.6 Å². The van der Waals surface area contributed by atoms with E-state index < -0.39 is 0 Å². The lowest BCUT2D eigenvalue weighted by molar-refractivity contribution is 0.628. The monoisotopic (exact) mass is 171 g/mol. The van der Waals surface area contributed by atoms with Crippen molar-refractivity contribution in [3.8, 4) is 0 Å². The summed E-state index contributed by atoms with van der Waals surface area (Å²) in [5, 5.41) is 0. The molecule has 0 heterocycles. The normalized spacial score (nSPS) is 9.73. The van der Waals surface area contributed by atoms with Gasteiger partial charge in [0, 0.05) is 12.7 Å². The standard InChI is InChI=1S/C8H10FNS/c1-10(6-11)8-4-2-7(9)3-5-8/h2-5,11H,6H2,1H3. The van der Waals surface area contributed by atoms with Crippen molar-refractivity contribution in [1.82, 2.24) is 0 Å². The van der Waals surface area contributed by atoms with Crippen LogP contribution in [0.5, 0.6) is 0 Å². The molecule has 11 heavy (non-hydrogen) atoms. The first-order chi connectivity index (χ1) is 5.24. The lowest BCUT2D eigenvalue weighted by Gasteiger charge is -2.15. The van der Waals surface area contributed by atoms with Crippen LogP contribution in [0.1, 0.15) is 0 Å². The van der Waals surface area contributed by atoms with Crippen molar-refractivity contribution in [3.63, 3.8) is 0 Å². The smallest absolute Gasteiger partial charge is 0.123 e. The summed E-state index contributed by atoms with van der Waals surface area (Å²) in [6.45, 7) is 0. The number of halogens is 1. The topological polar surface area (TPSA) is 3.24 Å². The predicted octanol–water partition coefficient (Wildman–Crippen LogP) is 2.15. The second kappa shape index (κ2) is 3.62. The number of anilines is 1. The second-order valence-electron chi connectivity index (χ2n) is 2.32. The summed E-state index contributed by atoms with van der Waals surface area (Å²) in [7, 11) is 1.90. The lowest BCUT2D eigenvalue weighted by atomic mass is 10.3. The van der Waals surface area contributed by atoms with Crippen LogP contribution in [0.15, 0.2) is 24.3 Å². The Bertz CT molecular complexity index is 222. The first-order valence-corrected chi connectivity index (χ1v) is 3.95. The first kappa shape index (κ1) is 8.40. The molecule has 0 saturated heterocycles. The first-order valence-electron chi connectivity index (χ1n) is 3.31. The van der Waals surface area contributed by atoms with E-state index in [0.717, 1.165) is 5.69 Å². The van der Waals surface area contributed by atoms with Crippen LogP contribution in [0.4, 0.5) is 10.1 Å². The van der Waals surface area contributed by atoms with Gasteiger partial charge >= 0.3 is 0 Å². The highest BCUT2D eigenvalue weighted by atomic mass is 32.1. The zero-order chi connectivity index (χ0) is 8.27. The Morgan fingerprint density at radius 3 is 2.36 bits per heavy atom. The molecule has 0 atom stereocenters. The Labute approximate surface area is 71.2 Å². The largest absolute Gasteiger partial charge is 0.366 e. The number of rotatable bonds is 2. The summed E-state index contributed by atoms with van der Waals surface area (Å²) < 4.78 is 12.4. The van der Waals surface area contributed by atoms with Crippen molar-refractivity contribution in [1.29, 1.82) is 0 Å². The molecule has 0 amide bonds. The van der Waals surface area contributed by atoms with E-state index in [0.29, 0.717) is 5.88 Å². The molecule has 1 aromatic rings. The van der Waals surface area contributed by atoms with E-state index in [1.165, 1.54) is 12.1 Å². The van der Waals surface area contributed by atoms with Gasteiger partial charge in [-0.2, -0.15) is 12.6 Å². The van der Waals surface area contributed by atoms with Gasteiger partial charge in [-0.15, -0.1) is 0 Å². The average molecular weight is 171 g/mol. The second-order valence-corrected chi connectivity index (χ2v) is 2.60. The third-order valence-electron chi connectivity index (χ3n) is 1.48. The van der Waals surface area contributed by atoms with Crippen LogP contribution < -0.4 is 4.90 Å². The average Bonchev–Trinajstić information content (AvgIpc) is 2.05. The molecule has 0 N–H and O–H groups in total. The molecule has 3 heteroatoms. The van der Waals surface area contributed by atoms with Crippen LogP contribution in [0.3, 0.4) is 0 Å². The Morgan fingerprint density at radius 1 is 1.36 bits per heavy atom. The van der Waals surface area contributed by atoms with Gasteiger partial charge in [0.1, 0.15) is 5.82 Å². The molecule has 0 aliphatic heterocycles. The van der Waals surface area contributed by atoms with Gasteiger partial charge in [0.05, 0.1) is 5.88 Å². The number of hydrogen-bond donors (Lipinski definition) is 1. The third kappa shape index (κ3) is 2.12. The van der Waals surface area contributed by atoms with Crippen LogP contribution in [-0.2, 0) is 0 Å². The van der Waals surface area contributed by atoms with Gasteiger partial charge in [-0.25, -0.2) is 4.39 Å². The minimum Gasteiger partial charge on any atom is -0.366 e. The maximum Gasteiger partial charge on any atom is 0.123 e. The van der Waals surface area contributed by atoms with Gasteiger partial charge in [0.2, 0.25) is 0 Å². The summed E-state index contributed by atoms with van der Waals surface area (Å²) >= 11 is 4.08. The third-order valence-corrected chi connectivity index (χ3v) is 1.90. The van der Waals surface area contributed by atoms with Crippen molar-refractivity contribution in [2.45, 2.75) is 0 Å². The molecule has 0 saturated carbocycles. The van der Waals surface area contributed by atoms with Crippen molar-refractivity contribution in [2.24, 2.45) is 0 Å². The molecule has 0 aromatic heterocycles. The fraction of sp³-hybridized carbons (Fsp3) is 0.250. The molecule has 0 spiro atoms. The fourth-order valence-corrected chi connectivity index (χ4v) is 0.941. The summed E-state index contributed by atoms with van der Waals surface area (Å²) in [5.74, 6) is 0.423. The van der Waals surface area contributed by atoms with Crippen LogP contribution >= 0.6 is 12.6 Å². The van der Waals surface area contributed by atoms with Crippen LogP contribution in [0.2, 0.25) is 0 Å². The molecule has 1 aromatic carbocycles. The highest BCUT2D eigenvalue weighted by Crippen LogP contribution is 2.12. The summed E-state index contributed by atoms with van der Waals surface area (Å²) in [6.07, 6.45) is 0. The number of benzene rings is 1. The lowest BCUT2D eigenvalue weighted by Crippen LogP contribution is -2.13. The van der Waals surface area contributed by atoms with Crippen molar-refractivity contribution < 1.29 is 4.39 Å². The quantitative estimate of drug-likeness (QED) is 0.527. The molecular weight excluding hydrogens is 161 g/mol. The van der Waals surface area contributed by atoms with E-state index in [-0.39, 0.29) is 5.82 Å². The Balaban J connectivity index is 2.81. The molecule has 0 bridgehead atoms. The van der Waals surface area contributed by atoms with Gasteiger partial charge < -0.3 is 4.90 Å². The Hall–Kier alpha value is -0.700. The fourth-order valence-electron chi connectivity index (χ4n) is 0.777. The molecule has 1 rings (SSSR count). The Kier molecular flexibility index (Phi) is 2.76. The minimum absolute atomic E-state index is 0.207. The van der Waals surface area contributed by atoms with Gasteiger partial charge in [-0.05, 0) is 24.3 Å². The van der Waals surface area contributed by atoms with Gasteiger partial charge in [-0.1, -0.05) is 0 Å². The zero-order valence-electron chi connectivity index (χ0n) is 6.29. The van der Waals surface area contributed by atoms with E-state index in [1.54, 1.807) is 12.1 Å². The predicted molar refractivity (Wildman–Crippen MR) is 48.7 cm³/mol. The molecular formula is C8H10FNS. The van der Waals surface area contributed by atoms with Gasteiger partial charge in [0.25, 0.3) is 0 Å². The number of hydrogen-bond acceptors (Lipinski definition) is 2. The maximum atomic E-state index is 12.4. The minimum atomic E-state index is -0.207. The summed E-state index contributed by atoms with van der Waals surface area (Å²) in [4.78, 5) is 1.92. The van der Waals surface area contributed by atoms with Crippen LogP contribution in [0.25, 0.3) is 0 Å². The SMILES string of the molecule is CN(CS)c1ccc(F)cc1. The van der Waals surface area contributed by atoms with Crippen LogP contribution in [-0.4, -0.2) is 12.9 Å². The maximum absolute atomic E-state index is 12.4. The molecule has 0 unspecified atom stereocenters. The summed E-state index contributed by atoms with van der Waals surface area (Å²) in [5.41, 5.74) is 0.974. The van der Waals surface area contributed by atoms with E-state index in [1.807, 2.05) is 11.9 Å². The van der Waals surface area contributed by atoms with E-state index >= 15 is 0 Å². The molecule has 0 fully saturated rings. The number of nitrogens with zero attached hydrogens (tertiary/aromatic N) is 1. The van der Waals surface area contributed by atoms with Crippen molar-refractivity contribution in [2.75, 3.05) is 17.8 Å². The van der Waals surface area contributed by atoms with Crippen LogP contribution in [0, 0.1) is 5.82 Å². The van der Waals surface area contributed by atoms with Crippen molar-refractivity contribution in [3.05, 3.63) is 30.1 Å². The zero-order valence-corrected chi connectivity index (χ0v) is 7.18. The molecule has 0 radical (unpaired) electrons. The van der Waals surface area contributed by atoms with E-state index in [4.69, 9.17) is 0 Å². The molecule has 1 nitrogen and oxygen atoms in total. The molecule has 0 aliphatic rings. The van der Waals surface area contributed by atoms with E-state index in [9.17, 15) is 4.39 Å². The molecule has 0 aliphatic carbocycles. The number of thiol groups is 1. The summed E-state index contributed by atoms with van der Waals surface area (Å²) in [6, 6.07) is 6.33.